The monoisotopic (exact) mass is 284 g/mol. The number of rotatable bonds is 4. The Morgan fingerprint density at radius 1 is 1.44 bits per heavy atom. The van der Waals surface area contributed by atoms with E-state index in [0.29, 0.717) is 12.3 Å². The Labute approximate surface area is 105 Å². The van der Waals surface area contributed by atoms with Gasteiger partial charge in [0.2, 0.25) is 0 Å². The number of hydrogen-bond donors (Lipinski definition) is 0. The van der Waals surface area contributed by atoms with E-state index in [4.69, 9.17) is 4.74 Å². The van der Waals surface area contributed by atoms with E-state index in [9.17, 15) is 4.79 Å². The highest BCUT2D eigenvalue weighted by molar-refractivity contribution is 9.10. The van der Waals surface area contributed by atoms with E-state index >= 15 is 0 Å². The predicted octanol–water partition coefficient (Wildman–Crippen LogP) is 3.71. The predicted molar refractivity (Wildman–Crippen MR) is 69.2 cm³/mol. The molecule has 0 N–H and O–H groups in total. The SMILES string of the molecule is COc1c(Br)cc(C(C)C)cc1CC(C)=O. The number of halogens is 1. The van der Waals surface area contributed by atoms with Crippen molar-refractivity contribution >= 4 is 21.7 Å². The fraction of sp³-hybridized carbons (Fsp3) is 0.462. The second-order valence-electron chi connectivity index (χ2n) is 4.23. The van der Waals surface area contributed by atoms with Gasteiger partial charge < -0.3 is 4.74 Å². The Bertz CT molecular complexity index is 397. The molecule has 0 bridgehead atoms. The number of ether oxygens (including phenoxy) is 1. The molecule has 0 amide bonds. The normalized spacial score (nSPS) is 10.6. The molecule has 0 aliphatic carbocycles. The lowest BCUT2D eigenvalue weighted by molar-refractivity contribution is -0.116. The van der Waals surface area contributed by atoms with Crippen molar-refractivity contribution in [3.63, 3.8) is 0 Å². The van der Waals surface area contributed by atoms with Crippen molar-refractivity contribution in [2.75, 3.05) is 7.11 Å². The van der Waals surface area contributed by atoms with Crippen molar-refractivity contribution in [3.05, 3.63) is 27.7 Å². The summed E-state index contributed by atoms with van der Waals surface area (Å²) in [5, 5.41) is 0. The summed E-state index contributed by atoms with van der Waals surface area (Å²) in [6, 6.07) is 4.10. The Morgan fingerprint density at radius 3 is 2.50 bits per heavy atom. The number of carbonyl (C=O) groups excluding carboxylic acids is 1. The highest BCUT2D eigenvalue weighted by atomic mass is 79.9. The smallest absolute Gasteiger partial charge is 0.136 e. The zero-order valence-electron chi connectivity index (χ0n) is 10.1. The van der Waals surface area contributed by atoms with Gasteiger partial charge in [-0.2, -0.15) is 0 Å². The van der Waals surface area contributed by atoms with Crippen molar-refractivity contribution in [3.8, 4) is 5.75 Å². The summed E-state index contributed by atoms with van der Waals surface area (Å²) < 4.78 is 6.23. The molecule has 2 nitrogen and oxygen atoms in total. The summed E-state index contributed by atoms with van der Waals surface area (Å²) in [6.45, 7) is 5.85. The second-order valence-corrected chi connectivity index (χ2v) is 5.08. The minimum Gasteiger partial charge on any atom is -0.495 e. The highest BCUT2D eigenvalue weighted by Gasteiger charge is 2.12. The molecule has 0 saturated heterocycles. The van der Waals surface area contributed by atoms with Crippen molar-refractivity contribution in [2.45, 2.75) is 33.1 Å². The van der Waals surface area contributed by atoms with Crippen LogP contribution in [0.4, 0.5) is 0 Å². The van der Waals surface area contributed by atoms with Crippen LogP contribution in [0.3, 0.4) is 0 Å². The average Bonchev–Trinajstić information content (AvgIpc) is 2.16. The molecule has 0 fully saturated rings. The van der Waals surface area contributed by atoms with Gasteiger partial charge in [-0.25, -0.2) is 0 Å². The molecule has 0 heterocycles. The van der Waals surface area contributed by atoms with Gasteiger partial charge in [-0.15, -0.1) is 0 Å². The number of methoxy groups -OCH3 is 1. The Kier molecular flexibility index (Phi) is 4.54. The third-order valence-corrected chi connectivity index (χ3v) is 3.04. The van der Waals surface area contributed by atoms with E-state index in [2.05, 4.69) is 35.8 Å². The third-order valence-electron chi connectivity index (χ3n) is 2.45. The van der Waals surface area contributed by atoms with E-state index < -0.39 is 0 Å². The van der Waals surface area contributed by atoms with Gasteiger partial charge in [0.1, 0.15) is 11.5 Å². The molecule has 0 spiro atoms. The molecule has 1 rings (SSSR count). The summed E-state index contributed by atoms with van der Waals surface area (Å²) in [6.07, 6.45) is 0.419. The van der Waals surface area contributed by atoms with Crippen LogP contribution in [-0.4, -0.2) is 12.9 Å². The lowest BCUT2D eigenvalue weighted by Crippen LogP contribution is -2.02. The van der Waals surface area contributed by atoms with E-state index in [0.717, 1.165) is 15.8 Å². The lowest BCUT2D eigenvalue weighted by Gasteiger charge is -2.14. The fourth-order valence-electron chi connectivity index (χ4n) is 1.64. The topological polar surface area (TPSA) is 26.3 Å². The number of hydrogen-bond acceptors (Lipinski definition) is 2. The van der Waals surface area contributed by atoms with Crippen LogP contribution in [0.5, 0.6) is 5.75 Å². The maximum Gasteiger partial charge on any atom is 0.136 e. The van der Waals surface area contributed by atoms with Crippen LogP contribution in [0.1, 0.15) is 37.8 Å². The molecule has 3 heteroatoms. The molecule has 0 unspecified atom stereocenters. The largest absolute Gasteiger partial charge is 0.495 e. The minimum absolute atomic E-state index is 0.145. The zero-order chi connectivity index (χ0) is 12.3. The van der Waals surface area contributed by atoms with E-state index in [1.54, 1.807) is 14.0 Å². The Hall–Kier alpha value is -0.830. The molecule has 16 heavy (non-hydrogen) atoms. The Balaban J connectivity index is 3.24. The van der Waals surface area contributed by atoms with E-state index in [1.165, 1.54) is 5.56 Å². The number of Topliss-reactive ketones (excluding diaryl/α,β-unsaturated/α-hetero) is 1. The van der Waals surface area contributed by atoms with Gasteiger partial charge in [0, 0.05) is 12.0 Å². The first-order valence-corrected chi connectivity index (χ1v) is 6.10. The molecule has 0 aliphatic rings. The van der Waals surface area contributed by atoms with Crippen molar-refractivity contribution in [1.29, 1.82) is 0 Å². The average molecular weight is 285 g/mol. The van der Waals surface area contributed by atoms with Crippen LogP contribution in [0, 0.1) is 0 Å². The number of benzene rings is 1. The summed E-state index contributed by atoms with van der Waals surface area (Å²) in [5.74, 6) is 1.35. The molecular formula is C13H17BrO2. The molecule has 0 aromatic heterocycles. The van der Waals surface area contributed by atoms with Gasteiger partial charge in [-0.3, -0.25) is 4.79 Å². The van der Waals surface area contributed by atoms with Crippen LogP contribution in [-0.2, 0) is 11.2 Å². The summed E-state index contributed by atoms with van der Waals surface area (Å²) in [5.41, 5.74) is 2.16. The molecule has 0 aliphatic heterocycles. The van der Waals surface area contributed by atoms with Crippen LogP contribution >= 0.6 is 15.9 Å². The van der Waals surface area contributed by atoms with Crippen molar-refractivity contribution < 1.29 is 9.53 Å². The van der Waals surface area contributed by atoms with E-state index in [-0.39, 0.29) is 5.78 Å². The molecular weight excluding hydrogens is 268 g/mol. The van der Waals surface area contributed by atoms with Crippen molar-refractivity contribution in [1.82, 2.24) is 0 Å². The lowest BCUT2D eigenvalue weighted by atomic mass is 9.98. The fourth-order valence-corrected chi connectivity index (χ4v) is 2.32. The van der Waals surface area contributed by atoms with Crippen LogP contribution < -0.4 is 4.74 Å². The summed E-state index contributed by atoms with van der Waals surface area (Å²) in [4.78, 5) is 11.2. The molecule has 0 radical (unpaired) electrons. The molecule has 88 valence electrons. The van der Waals surface area contributed by atoms with E-state index in [1.807, 2.05) is 6.07 Å². The van der Waals surface area contributed by atoms with Gasteiger partial charge in [-0.1, -0.05) is 19.9 Å². The van der Waals surface area contributed by atoms with Gasteiger partial charge in [-0.05, 0) is 40.4 Å². The van der Waals surface area contributed by atoms with Crippen molar-refractivity contribution in [2.24, 2.45) is 0 Å². The Morgan fingerprint density at radius 2 is 2.06 bits per heavy atom. The standard InChI is InChI=1S/C13H17BrO2/c1-8(2)10-6-11(5-9(3)15)13(16-4)12(14)7-10/h6-8H,5H2,1-4H3. The van der Waals surface area contributed by atoms with Crippen LogP contribution in [0.25, 0.3) is 0 Å². The maximum absolute atomic E-state index is 11.2. The quantitative estimate of drug-likeness (QED) is 0.843. The van der Waals surface area contributed by atoms with Gasteiger partial charge >= 0.3 is 0 Å². The molecule has 0 saturated carbocycles. The molecule has 1 aromatic rings. The van der Waals surface area contributed by atoms with Crippen LogP contribution in [0.15, 0.2) is 16.6 Å². The summed E-state index contributed by atoms with van der Waals surface area (Å²) in [7, 11) is 1.62. The second kappa shape index (κ2) is 5.48. The van der Waals surface area contributed by atoms with Gasteiger partial charge in [0.05, 0.1) is 11.6 Å². The van der Waals surface area contributed by atoms with Crippen LogP contribution in [0.2, 0.25) is 0 Å². The molecule has 1 aromatic carbocycles. The maximum atomic E-state index is 11.2. The summed E-state index contributed by atoms with van der Waals surface area (Å²) >= 11 is 3.48. The van der Waals surface area contributed by atoms with Gasteiger partial charge in [0.15, 0.2) is 0 Å². The zero-order valence-corrected chi connectivity index (χ0v) is 11.7. The number of carbonyl (C=O) groups is 1. The first-order chi connectivity index (χ1) is 7.45. The van der Waals surface area contributed by atoms with Gasteiger partial charge in [0.25, 0.3) is 0 Å². The highest BCUT2D eigenvalue weighted by Crippen LogP contribution is 2.33. The first-order valence-electron chi connectivity index (χ1n) is 5.31. The minimum atomic E-state index is 0.145. The third kappa shape index (κ3) is 3.08. The number of ketones is 1. The first kappa shape index (κ1) is 13.2. The molecule has 0 atom stereocenters.